The summed E-state index contributed by atoms with van der Waals surface area (Å²) in [6.07, 6.45) is 0. The minimum Gasteiger partial charge on any atom is -0.491 e. The average Bonchev–Trinajstić information content (AvgIpc) is 3.19. The molecule has 2 amide bonds. The molecule has 1 heterocycles. The summed E-state index contributed by atoms with van der Waals surface area (Å²) in [5.74, 6) is 1.22. The highest BCUT2D eigenvalue weighted by atomic mass is 35.5. The van der Waals surface area contributed by atoms with E-state index in [9.17, 15) is 9.59 Å². The molecule has 3 aromatic rings. The molecular weight excluding hydrogens is 456 g/mol. The standard InChI is InChI=1S/C26H25ClN2O3S/c1-18-4-2-3-5-23(18)32-15-14-28-25(31)20-8-10-21(11-9-20)26-29(24(30)17-33-26)16-19-6-12-22(27)13-7-19/h2-13,26H,14-17H2,1H3,(H,28,31)/t26-/m0/s1. The van der Waals surface area contributed by atoms with Gasteiger partial charge in [-0.3, -0.25) is 9.59 Å². The molecule has 33 heavy (non-hydrogen) atoms. The normalized spacial score (nSPS) is 15.5. The molecule has 0 aliphatic carbocycles. The summed E-state index contributed by atoms with van der Waals surface area (Å²) in [5, 5.41) is 3.48. The number of carbonyl (C=O) groups excluding carboxylic acids is 2. The van der Waals surface area contributed by atoms with E-state index in [2.05, 4.69) is 5.32 Å². The fourth-order valence-corrected chi connectivity index (χ4v) is 4.95. The number of ether oxygens (including phenoxy) is 1. The number of benzene rings is 3. The summed E-state index contributed by atoms with van der Waals surface area (Å²) in [4.78, 5) is 26.8. The third-order valence-corrected chi connectivity index (χ3v) is 6.94. The molecular formula is C26H25ClN2O3S. The molecule has 170 valence electrons. The number of rotatable bonds is 8. The van der Waals surface area contributed by atoms with E-state index in [1.54, 1.807) is 23.9 Å². The summed E-state index contributed by atoms with van der Waals surface area (Å²) in [6.45, 7) is 3.32. The summed E-state index contributed by atoms with van der Waals surface area (Å²) in [5.41, 5.74) is 3.67. The van der Waals surface area contributed by atoms with E-state index in [1.807, 2.05) is 72.5 Å². The maximum absolute atomic E-state index is 12.5. The Kier molecular flexibility index (Phi) is 7.57. The summed E-state index contributed by atoms with van der Waals surface area (Å²) in [7, 11) is 0. The number of carbonyl (C=O) groups is 2. The van der Waals surface area contributed by atoms with E-state index in [-0.39, 0.29) is 17.2 Å². The Morgan fingerprint density at radius 1 is 1.09 bits per heavy atom. The van der Waals surface area contributed by atoms with E-state index >= 15 is 0 Å². The first-order valence-corrected chi connectivity index (χ1v) is 12.2. The number of nitrogens with zero attached hydrogens (tertiary/aromatic N) is 1. The Labute approximate surface area is 203 Å². The third kappa shape index (κ3) is 5.89. The van der Waals surface area contributed by atoms with Crippen LogP contribution in [-0.2, 0) is 11.3 Å². The van der Waals surface area contributed by atoms with Crippen LogP contribution in [0.25, 0.3) is 0 Å². The molecule has 0 radical (unpaired) electrons. The molecule has 0 spiro atoms. The van der Waals surface area contributed by atoms with Crippen LogP contribution in [0.2, 0.25) is 5.02 Å². The quantitative estimate of drug-likeness (QED) is 0.448. The third-order valence-electron chi connectivity index (χ3n) is 5.43. The zero-order chi connectivity index (χ0) is 23.2. The van der Waals surface area contributed by atoms with Crippen LogP contribution < -0.4 is 10.1 Å². The van der Waals surface area contributed by atoms with Gasteiger partial charge in [0.25, 0.3) is 5.91 Å². The topological polar surface area (TPSA) is 58.6 Å². The highest BCUT2D eigenvalue weighted by Crippen LogP contribution is 2.39. The lowest BCUT2D eigenvalue weighted by molar-refractivity contribution is -0.128. The Hall–Kier alpha value is -2.96. The summed E-state index contributed by atoms with van der Waals surface area (Å²) < 4.78 is 5.72. The molecule has 1 N–H and O–H groups in total. The molecule has 0 unspecified atom stereocenters. The predicted octanol–water partition coefficient (Wildman–Crippen LogP) is 5.23. The number of halogens is 1. The first kappa shape index (κ1) is 23.2. The predicted molar refractivity (Wildman–Crippen MR) is 133 cm³/mol. The monoisotopic (exact) mass is 480 g/mol. The SMILES string of the molecule is Cc1ccccc1OCCNC(=O)c1ccc([C@@H]2SCC(=O)N2Cc2ccc(Cl)cc2)cc1. The van der Waals surface area contributed by atoms with Gasteiger partial charge < -0.3 is 15.0 Å². The zero-order valence-electron chi connectivity index (χ0n) is 18.3. The average molecular weight is 481 g/mol. The lowest BCUT2D eigenvalue weighted by Gasteiger charge is -2.24. The number of nitrogens with one attached hydrogen (secondary N) is 1. The van der Waals surface area contributed by atoms with Crippen molar-refractivity contribution in [1.29, 1.82) is 0 Å². The number of hydrogen-bond donors (Lipinski definition) is 1. The van der Waals surface area contributed by atoms with E-state index in [0.717, 1.165) is 22.4 Å². The van der Waals surface area contributed by atoms with Crippen molar-refractivity contribution in [2.24, 2.45) is 0 Å². The minimum absolute atomic E-state index is 0.0761. The van der Waals surface area contributed by atoms with Crippen molar-refractivity contribution in [1.82, 2.24) is 10.2 Å². The summed E-state index contributed by atoms with van der Waals surface area (Å²) >= 11 is 7.57. The molecule has 1 aliphatic heterocycles. The highest BCUT2D eigenvalue weighted by molar-refractivity contribution is 8.00. The van der Waals surface area contributed by atoms with Crippen molar-refractivity contribution >= 4 is 35.2 Å². The van der Waals surface area contributed by atoms with Gasteiger partial charge in [0.1, 0.15) is 17.7 Å². The fourth-order valence-electron chi connectivity index (χ4n) is 3.63. The second-order valence-electron chi connectivity index (χ2n) is 7.80. The van der Waals surface area contributed by atoms with Gasteiger partial charge in [-0.15, -0.1) is 11.8 Å². The van der Waals surface area contributed by atoms with E-state index < -0.39 is 0 Å². The number of aryl methyl sites for hydroxylation is 1. The number of amides is 2. The van der Waals surface area contributed by atoms with Crippen LogP contribution in [0.4, 0.5) is 0 Å². The second-order valence-corrected chi connectivity index (χ2v) is 9.31. The van der Waals surface area contributed by atoms with Gasteiger partial charge in [0.15, 0.2) is 0 Å². The fraction of sp³-hybridized carbons (Fsp3) is 0.231. The molecule has 4 rings (SSSR count). The molecule has 3 aromatic carbocycles. The van der Waals surface area contributed by atoms with Crippen LogP contribution >= 0.6 is 23.4 Å². The van der Waals surface area contributed by atoms with Crippen molar-refractivity contribution in [3.05, 3.63) is 100 Å². The number of thioether (sulfide) groups is 1. The minimum atomic E-state index is -0.150. The van der Waals surface area contributed by atoms with Crippen LogP contribution in [0.3, 0.4) is 0 Å². The number of para-hydroxylation sites is 1. The molecule has 0 bridgehead atoms. The molecule has 1 fully saturated rings. The largest absolute Gasteiger partial charge is 0.491 e. The van der Waals surface area contributed by atoms with E-state index in [1.165, 1.54) is 0 Å². The van der Waals surface area contributed by atoms with Crippen molar-refractivity contribution in [3.63, 3.8) is 0 Å². The highest BCUT2D eigenvalue weighted by Gasteiger charge is 2.32. The Morgan fingerprint density at radius 2 is 1.82 bits per heavy atom. The molecule has 0 saturated carbocycles. The molecule has 1 aliphatic rings. The number of hydrogen-bond acceptors (Lipinski definition) is 4. The first-order chi connectivity index (χ1) is 16.0. The van der Waals surface area contributed by atoms with Crippen LogP contribution in [0, 0.1) is 6.92 Å². The van der Waals surface area contributed by atoms with E-state index in [4.69, 9.17) is 16.3 Å². The smallest absolute Gasteiger partial charge is 0.251 e. The van der Waals surface area contributed by atoms with Gasteiger partial charge in [-0.1, -0.05) is 54.1 Å². The van der Waals surface area contributed by atoms with Gasteiger partial charge in [-0.25, -0.2) is 0 Å². The van der Waals surface area contributed by atoms with E-state index in [0.29, 0.717) is 36.0 Å². The van der Waals surface area contributed by atoms with Crippen molar-refractivity contribution in [3.8, 4) is 5.75 Å². The van der Waals surface area contributed by atoms with Gasteiger partial charge in [-0.05, 0) is 53.9 Å². The Morgan fingerprint density at radius 3 is 2.55 bits per heavy atom. The van der Waals surface area contributed by atoms with Gasteiger partial charge in [0.05, 0.1) is 12.3 Å². The van der Waals surface area contributed by atoms with Gasteiger partial charge >= 0.3 is 0 Å². The van der Waals surface area contributed by atoms with Crippen molar-refractivity contribution in [2.45, 2.75) is 18.8 Å². The molecule has 5 nitrogen and oxygen atoms in total. The first-order valence-electron chi connectivity index (χ1n) is 10.7. The maximum atomic E-state index is 12.5. The zero-order valence-corrected chi connectivity index (χ0v) is 19.9. The van der Waals surface area contributed by atoms with Gasteiger partial charge in [0, 0.05) is 17.1 Å². The van der Waals surface area contributed by atoms with Crippen molar-refractivity contribution in [2.75, 3.05) is 18.9 Å². The lowest BCUT2D eigenvalue weighted by atomic mass is 10.1. The van der Waals surface area contributed by atoms with Crippen LogP contribution in [-0.4, -0.2) is 35.6 Å². The lowest BCUT2D eigenvalue weighted by Crippen LogP contribution is -2.28. The molecule has 0 aromatic heterocycles. The summed E-state index contributed by atoms with van der Waals surface area (Å²) in [6, 6.07) is 22.8. The Balaban J connectivity index is 1.32. The van der Waals surface area contributed by atoms with Crippen LogP contribution in [0.1, 0.15) is 32.4 Å². The van der Waals surface area contributed by atoms with Gasteiger partial charge in [-0.2, -0.15) is 0 Å². The molecule has 1 atom stereocenters. The van der Waals surface area contributed by atoms with Crippen LogP contribution in [0.15, 0.2) is 72.8 Å². The van der Waals surface area contributed by atoms with Crippen molar-refractivity contribution < 1.29 is 14.3 Å². The van der Waals surface area contributed by atoms with Gasteiger partial charge in [0.2, 0.25) is 5.91 Å². The second kappa shape index (κ2) is 10.8. The van der Waals surface area contributed by atoms with Crippen LogP contribution in [0.5, 0.6) is 5.75 Å². The Bertz CT molecular complexity index is 1120. The molecule has 1 saturated heterocycles. The molecule has 7 heteroatoms. The maximum Gasteiger partial charge on any atom is 0.251 e.